The van der Waals surface area contributed by atoms with Crippen LogP contribution in [-0.2, 0) is 15.0 Å². The third kappa shape index (κ3) is 5.44. The Balaban J connectivity index is 1.71. The molecule has 1 saturated heterocycles. The van der Waals surface area contributed by atoms with E-state index in [1.807, 2.05) is 43.9 Å². The summed E-state index contributed by atoms with van der Waals surface area (Å²) in [6.45, 7) is 10.8. The van der Waals surface area contributed by atoms with Gasteiger partial charge in [-0.3, -0.25) is 14.5 Å². The molecule has 0 saturated carbocycles. The van der Waals surface area contributed by atoms with Gasteiger partial charge >= 0.3 is 10.2 Å². The van der Waals surface area contributed by atoms with E-state index in [4.69, 9.17) is 10.5 Å². The summed E-state index contributed by atoms with van der Waals surface area (Å²) in [5.74, 6) is 0.456. The molecule has 1 amide bonds. The number of nitrogens with two attached hydrogens (primary N) is 1. The number of likely N-dealkylation sites (tertiary alicyclic amines) is 1. The minimum Gasteiger partial charge on any atom is -0.492 e. The summed E-state index contributed by atoms with van der Waals surface area (Å²) in [6, 6.07) is 5.02. The van der Waals surface area contributed by atoms with Gasteiger partial charge < -0.3 is 15.4 Å². The van der Waals surface area contributed by atoms with E-state index in [1.165, 1.54) is 0 Å². The third-order valence-corrected chi connectivity index (χ3v) is 6.73. The first-order valence-electron chi connectivity index (χ1n) is 10.8. The smallest absolute Gasteiger partial charge is 0.344 e. The average Bonchev–Trinajstić information content (AvgIpc) is 2.76. The quantitative estimate of drug-likeness (QED) is 0.465. The molecule has 1 atom stereocenters. The number of carbonyl (C=O) groups is 1. The van der Waals surface area contributed by atoms with Gasteiger partial charge in [-0.05, 0) is 58.5 Å². The van der Waals surface area contributed by atoms with Crippen LogP contribution in [0.4, 0.5) is 5.69 Å². The summed E-state index contributed by atoms with van der Waals surface area (Å²) in [7, 11) is -3.85. The van der Waals surface area contributed by atoms with Gasteiger partial charge in [0.25, 0.3) is 0 Å². The van der Waals surface area contributed by atoms with Crippen molar-refractivity contribution in [3.8, 4) is 5.75 Å². The van der Waals surface area contributed by atoms with Crippen molar-refractivity contribution in [2.45, 2.75) is 33.6 Å². The summed E-state index contributed by atoms with van der Waals surface area (Å²) in [6.07, 6.45) is 7.32. The molecule has 0 spiro atoms. The third-order valence-electron chi connectivity index (χ3n) is 5.81. The highest BCUT2D eigenvalue weighted by atomic mass is 32.2. The standard InChI is InChI=1S/C23H31N5O4S/c1-5-6-12-19(25-4)23(2,3)22(29)28-13-8-9-16(14-28)15-32-18-11-7-10-17-20(18)21(24)27-33(30,31)26-17/h5-7,10-12,16,26H,4,8-9,13-15H2,1-3H3,(H2,24,27)/b6-5-,19-12-/t16-/m0/s1. The molecular weight excluding hydrogens is 442 g/mol. The minimum atomic E-state index is -3.85. The second kappa shape index (κ2) is 9.78. The molecule has 3 rings (SSSR count). The maximum Gasteiger partial charge on any atom is 0.344 e. The lowest BCUT2D eigenvalue weighted by molar-refractivity contribution is -0.140. The van der Waals surface area contributed by atoms with Crippen LogP contribution in [0.15, 0.2) is 51.5 Å². The minimum absolute atomic E-state index is 0.00164. The lowest BCUT2D eigenvalue weighted by Crippen LogP contribution is -2.47. The van der Waals surface area contributed by atoms with Crippen LogP contribution in [0.1, 0.15) is 39.2 Å². The van der Waals surface area contributed by atoms with Crippen LogP contribution >= 0.6 is 0 Å². The van der Waals surface area contributed by atoms with Crippen molar-refractivity contribution >= 4 is 34.4 Å². The summed E-state index contributed by atoms with van der Waals surface area (Å²) < 4.78 is 35.5. The number of ether oxygens (including phenoxy) is 1. The lowest BCUT2D eigenvalue weighted by Gasteiger charge is -2.37. The first-order valence-corrected chi connectivity index (χ1v) is 12.3. The fraction of sp³-hybridized carbons (Fsp3) is 0.435. The van der Waals surface area contributed by atoms with E-state index in [1.54, 1.807) is 18.2 Å². The number of aliphatic imine (C=N–C) groups is 1. The number of fused-ring (bicyclic) bond motifs is 1. The Hall–Kier alpha value is -3.14. The number of carbonyl (C=O) groups excluding carboxylic acids is 1. The van der Waals surface area contributed by atoms with Crippen LogP contribution in [0.5, 0.6) is 5.75 Å². The number of amidine groups is 1. The highest BCUT2D eigenvalue weighted by Crippen LogP contribution is 2.33. The van der Waals surface area contributed by atoms with Crippen LogP contribution < -0.4 is 15.2 Å². The Bertz CT molecular complexity index is 1120. The molecule has 10 heteroatoms. The maximum atomic E-state index is 13.3. The molecule has 0 radical (unpaired) electrons. The summed E-state index contributed by atoms with van der Waals surface area (Å²) in [5, 5.41) is 0. The van der Waals surface area contributed by atoms with Crippen LogP contribution in [0.3, 0.4) is 0 Å². The molecule has 3 N–H and O–H groups in total. The Morgan fingerprint density at radius 3 is 2.91 bits per heavy atom. The van der Waals surface area contributed by atoms with Gasteiger partial charge in [0.2, 0.25) is 5.91 Å². The number of piperidine rings is 1. The highest BCUT2D eigenvalue weighted by Gasteiger charge is 2.37. The average molecular weight is 474 g/mol. The summed E-state index contributed by atoms with van der Waals surface area (Å²) in [4.78, 5) is 19.3. The Kier molecular flexibility index (Phi) is 7.26. The van der Waals surface area contributed by atoms with E-state index >= 15 is 0 Å². The number of hydrogen-bond donors (Lipinski definition) is 2. The zero-order valence-corrected chi connectivity index (χ0v) is 20.1. The number of amides is 1. The predicted molar refractivity (Wildman–Crippen MR) is 131 cm³/mol. The van der Waals surface area contributed by atoms with Gasteiger partial charge in [-0.25, -0.2) is 0 Å². The maximum absolute atomic E-state index is 13.3. The number of allylic oxidation sites excluding steroid dienone is 3. The van der Waals surface area contributed by atoms with Crippen LogP contribution in [0.2, 0.25) is 0 Å². The second-order valence-electron chi connectivity index (χ2n) is 8.66. The molecule has 0 aliphatic carbocycles. The summed E-state index contributed by atoms with van der Waals surface area (Å²) in [5.41, 5.74) is 6.47. The first kappa shape index (κ1) is 24.5. The number of nitrogens with zero attached hydrogens (tertiary/aromatic N) is 3. The van der Waals surface area contributed by atoms with Crippen molar-refractivity contribution in [1.82, 2.24) is 4.90 Å². The van der Waals surface area contributed by atoms with E-state index < -0.39 is 15.6 Å². The van der Waals surface area contributed by atoms with Crippen LogP contribution in [0, 0.1) is 11.3 Å². The fourth-order valence-corrected chi connectivity index (χ4v) is 4.93. The lowest BCUT2D eigenvalue weighted by atomic mass is 9.85. The van der Waals surface area contributed by atoms with Crippen molar-refractivity contribution in [2.24, 2.45) is 26.5 Å². The molecule has 9 nitrogen and oxygen atoms in total. The van der Waals surface area contributed by atoms with Crippen molar-refractivity contribution < 1.29 is 17.9 Å². The zero-order valence-electron chi connectivity index (χ0n) is 19.2. The number of rotatable bonds is 7. The number of anilines is 1. The van der Waals surface area contributed by atoms with Gasteiger partial charge in [-0.15, -0.1) is 4.40 Å². The Morgan fingerprint density at radius 2 is 2.21 bits per heavy atom. The van der Waals surface area contributed by atoms with E-state index in [-0.39, 0.29) is 17.7 Å². The van der Waals surface area contributed by atoms with E-state index in [0.717, 1.165) is 12.8 Å². The molecule has 2 aliphatic heterocycles. The molecule has 33 heavy (non-hydrogen) atoms. The molecule has 1 aromatic carbocycles. The van der Waals surface area contributed by atoms with Crippen molar-refractivity contribution in [3.63, 3.8) is 0 Å². The Morgan fingerprint density at radius 1 is 1.45 bits per heavy atom. The molecule has 1 fully saturated rings. The number of hydrogen-bond acceptors (Lipinski definition) is 6. The number of benzene rings is 1. The van der Waals surface area contributed by atoms with E-state index in [2.05, 4.69) is 20.8 Å². The van der Waals surface area contributed by atoms with Gasteiger partial charge in [-0.1, -0.05) is 18.2 Å². The predicted octanol–water partition coefficient (Wildman–Crippen LogP) is 2.87. The van der Waals surface area contributed by atoms with Crippen LogP contribution in [-0.4, -0.2) is 51.5 Å². The Labute approximate surface area is 195 Å². The topological polar surface area (TPSA) is 126 Å². The largest absolute Gasteiger partial charge is 0.492 e. The zero-order chi connectivity index (χ0) is 24.2. The second-order valence-corrected chi connectivity index (χ2v) is 10.0. The van der Waals surface area contributed by atoms with E-state index in [0.29, 0.717) is 42.4 Å². The molecule has 2 heterocycles. The first-order chi connectivity index (χ1) is 15.6. The fourth-order valence-electron chi connectivity index (χ4n) is 4.08. The van der Waals surface area contributed by atoms with Gasteiger partial charge in [0, 0.05) is 19.0 Å². The molecule has 0 aromatic heterocycles. The highest BCUT2D eigenvalue weighted by molar-refractivity contribution is 7.91. The molecular formula is C23H31N5O4S. The molecule has 1 aromatic rings. The van der Waals surface area contributed by atoms with Crippen molar-refractivity contribution in [3.05, 3.63) is 47.7 Å². The van der Waals surface area contributed by atoms with Crippen molar-refractivity contribution in [1.29, 1.82) is 0 Å². The van der Waals surface area contributed by atoms with Gasteiger partial charge in [0.15, 0.2) is 5.84 Å². The SMILES string of the molecule is C=N/C(=C\C=C/C)C(C)(C)C(=O)N1CCC[C@H](COc2cccc3c2C(N)=NS(=O)(=O)N3)C1. The van der Waals surface area contributed by atoms with Crippen molar-refractivity contribution in [2.75, 3.05) is 24.4 Å². The van der Waals surface area contributed by atoms with Gasteiger partial charge in [0.05, 0.1) is 29.0 Å². The number of nitrogens with one attached hydrogen (secondary N) is 1. The molecule has 2 aliphatic rings. The summed E-state index contributed by atoms with van der Waals surface area (Å²) >= 11 is 0. The molecule has 0 bridgehead atoms. The van der Waals surface area contributed by atoms with Crippen LogP contribution in [0.25, 0.3) is 0 Å². The monoisotopic (exact) mass is 473 g/mol. The molecule has 178 valence electrons. The normalized spacial score (nSPS) is 20.6. The van der Waals surface area contributed by atoms with E-state index in [9.17, 15) is 13.2 Å². The van der Waals surface area contributed by atoms with Gasteiger partial charge in [0.1, 0.15) is 5.75 Å². The molecule has 0 unspecified atom stereocenters. The van der Waals surface area contributed by atoms with Gasteiger partial charge in [-0.2, -0.15) is 8.42 Å².